The molecule has 0 aliphatic heterocycles. The van der Waals surface area contributed by atoms with Crippen molar-refractivity contribution in [2.75, 3.05) is 0 Å². The standard InChI is InChI=1S/C21H13.C15H8F6.C5H5.2ClH.Hf/c1-2-8-15-14(7-1)13-20-18-11-4-3-9-16(18)17-10-5-6-12-19(17)21(15)20;16-14(17,18)12-5-1-3-10(8-12)7-11-4-2-6-13(9-11)15(19,20)21;1-2-4-5-3-1;;;/h1-10,12H,13H2;1-6,8-9H;1-5H;2*1H;/q-1;;-1;;;+2. The third-order valence-corrected chi connectivity index (χ3v) is 10.2. The summed E-state index contributed by atoms with van der Waals surface area (Å²) in [5, 5.41) is 5.30. The summed E-state index contributed by atoms with van der Waals surface area (Å²) < 4.78 is 76.7. The van der Waals surface area contributed by atoms with Gasteiger partial charge in [0, 0.05) is 0 Å². The molecule has 0 unspecified atom stereocenters. The summed E-state index contributed by atoms with van der Waals surface area (Å²) in [5.41, 5.74) is 4.63. The van der Waals surface area contributed by atoms with Crippen LogP contribution in [-0.2, 0) is 42.7 Å². The first-order chi connectivity index (χ1) is 23.0. The van der Waals surface area contributed by atoms with Crippen LogP contribution in [0.25, 0.3) is 32.7 Å². The Kier molecular flexibility index (Phi) is 12.8. The molecule has 9 heteroatoms. The number of alkyl halides is 6. The van der Waals surface area contributed by atoms with Crippen molar-refractivity contribution in [1.82, 2.24) is 0 Å². The van der Waals surface area contributed by atoms with Crippen molar-refractivity contribution in [3.8, 4) is 11.1 Å². The molecule has 0 amide bonds. The van der Waals surface area contributed by atoms with Crippen LogP contribution in [0.2, 0.25) is 0 Å². The molecule has 252 valence electrons. The molecule has 1 aliphatic carbocycles. The quantitative estimate of drug-likeness (QED) is 0.0702. The van der Waals surface area contributed by atoms with Gasteiger partial charge in [-0.15, -0.1) is 65.4 Å². The minimum absolute atomic E-state index is 0. The average molecular weight is 884 g/mol. The summed E-state index contributed by atoms with van der Waals surface area (Å²) in [4.78, 5) is 0. The largest absolute Gasteiger partial charge is 0.214 e. The van der Waals surface area contributed by atoms with Gasteiger partial charge < -0.3 is 0 Å². The summed E-state index contributed by atoms with van der Waals surface area (Å²) in [6, 6.07) is 46.6. The van der Waals surface area contributed by atoms with Crippen LogP contribution in [0.3, 0.4) is 0 Å². The molecule has 0 saturated heterocycles. The van der Waals surface area contributed by atoms with Crippen LogP contribution in [-0.4, -0.2) is 3.26 Å². The maximum absolute atomic E-state index is 12.7. The van der Waals surface area contributed by atoms with Gasteiger partial charge in [0.2, 0.25) is 0 Å². The van der Waals surface area contributed by atoms with E-state index in [1.165, 1.54) is 68.1 Å². The van der Waals surface area contributed by atoms with Gasteiger partial charge >= 0.3 is 137 Å². The van der Waals surface area contributed by atoms with E-state index in [0.717, 1.165) is 30.7 Å². The summed E-state index contributed by atoms with van der Waals surface area (Å²) in [6.07, 6.45) is -7.94. The van der Waals surface area contributed by atoms with E-state index >= 15 is 0 Å². The van der Waals surface area contributed by atoms with E-state index in [9.17, 15) is 26.3 Å². The van der Waals surface area contributed by atoms with Gasteiger partial charge in [-0.2, -0.15) is 18.2 Å². The van der Waals surface area contributed by atoms with Gasteiger partial charge in [-0.25, -0.2) is 12.1 Å². The zero-order chi connectivity index (χ0) is 33.9. The van der Waals surface area contributed by atoms with Gasteiger partial charge in [0.25, 0.3) is 0 Å². The second-order valence-electron chi connectivity index (χ2n) is 11.2. The van der Waals surface area contributed by atoms with E-state index in [4.69, 9.17) is 0 Å². The number of benzene rings is 6. The van der Waals surface area contributed by atoms with Crippen LogP contribution in [0, 0.1) is 6.07 Å². The number of hydrogen-bond donors (Lipinski definition) is 0. The Morgan fingerprint density at radius 2 is 1.14 bits per heavy atom. The van der Waals surface area contributed by atoms with Gasteiger partial charge in [0.1, 0.15) is 0 Å². The van der Waals surface area contributed by atoms with Crippen molar-refractivity contribution in [2.24, 2.45) is 0 Å². The van der Waals surface area contributed by atoms with Gasteiger partial charge in [0.05, 0.1) is 0 Å². The molecule has 0 N–H and O–H groups in total. The maximum atomic E-state index is 12.7. The first-order valence-electron chi connectivity index (χ1n) is 15.0. The van der Waals surface area contributed by atoms with Gasteiger partial charge in [-0.3, -0.25) is 0 Å². The molecule has 50 heavy (non-hydrogen) atoms. The Bertz CT molecular complexity index is 2140. The number of halogens is 8. The Hall–Kier alpha value is -3.91. The number of fused-ring (bicyclic) bond motifs is 8. The third kappa shape index (κ3) is 8.51. The van der Waals surface area contributed by atoms with E-state index in [2.05, 4.69) is 66.7 Å². The molecule has 0 nitrogen and oxygen atoms in total. The molecule has 0 radical (unpaired) electrons. The zero-order valence-corrected chi connectivity index (χ0v) is 31.4. The SMILES string of the molecule is Cl.Cl.FC(F)(F)c1cccc([C](=[Hf+2])c2cccc(C(F)(F)F)c2)c1.[c-]1cccc2c1c1c(c3ccccc32)-c2ccccc2C1.c1cc[cH-]c1. The Morgan fingerprint density at radius 3 is 1.70 bits per heavy atom. The molecule has 0 aromatic heterocycles. The minimum atomic E-state index is -4.48. The smallest absolute Gasteiger partial charge is 0.0240 e. The second kappa shape index (κ2) is 16.4. The monoisotopic (exact) mass is 884 g/mol. The third-order valence-electron chi connectivity index (χ3n) is 8.11. The zero-order valence-electron chi connectivity index (χ0n) is 26.1. The molecule has 1 aliphatic rings. The van der Waals surface area contributed by atoms with Crippen LogP contribution in [0.4, 0.5) is 26.3 Å². The molecule has 0 saturated carbocycles. The van der Waals surface area contributed by atoms with Crippen molar-refractivity contribution in [2.45, 2.75) is 18.8 Å². The van der Waals surface area contributed by atoms with Crippen LogP contribution in [0.15, 0.2) is 146 Å². The average Bonchev–Trinajstić information content (AvgIpc) is 3.81. The predicted molar refractivity (Wildman–Crippen MR) is 191 cm³/mol. The molecular weight excluding hydrogens is 856 g/mol. The Morgan fingerprint density at radius 1 is 0.600 bits per heavy atom. The van der Waals surface area contributed by atoms with Crippen LogP contribution >= 0.6 is 24.8 Å². The fraction of sp³-hybridized carbons (Fsp3) is 0.0732. The first-order valence-corrected chi connectivity index (χ1v) is 16.8. The molecule has 0 fully saturated rings. The van der Waals surface area contributed by atoms with E-state index in [1.54, 1.807) is 0 Å². The fourth-order valence-corrected chi connectivity index (χ4v) is 7.03. The maximum Gasteiger partial charge on any atom is -0.0240 e. The summed E-state index contributed by atoms with van der Waals surface area (Å²) in [6.45, 7) is 0. The normalized spacial score (nSPS) is 11.5. The molecule has 7 aromatic rings. The fourth-order valence-electron chi connectivity index (χ4n) is 5.92. The first kappa shape index (κ1) is 38.9. The second-order valence-corrected chi connectivity index (χ2v) is 13.0. The Balaban J connectivity index is 0.000000190. The summed E-state index contributed by atoms with van der Waals surface area (Å²) in [7, 11) is 0. The van der Waals surface area contributed by atoms with Gasteiger partial charge in [-0.1, -0.05) is 53.9 Å². The summed E-state index contributed by atoms with van der Waals surface area (Å²) in [5.74, 6) is 0. The topological polar surface area (TPSA) is 0 Å². The molecular formula is C41H28Cl2F6Hf. The van der Waals surface area contributed by atoms with Crippen molar-refractivity contribution < 1.29 is 50.2 Å². The van der Waals surface area contributed by atoms with Gasteiger partial charge in [-0.05, 0) is 28.5 Å². The predicted octanol–water partition coefficient (Wildman–Crippen LogP) is 12.5. The molecule has 0 atom stereocenters. The van der Waals surface area contributed by atoms with Gasteiger partial charge in [0.15, 0.2) is 0 Å². The molecule has 0 spiro atoms. The van der Waals surface area contributed by atoms with Crippen LogP contribution in [0.5, 0.6) is 0 Å². The van der Waals surface area contributed by atoms with Crippen molar-refractivity contribution >= 4 is 49.6 Å². The molecule has 7 aromatic carbocycles. The molecule has 0 heterocycles. The van der Waals surface area contributed by atoms with Crippen LogP contribution in [0.1, 0.15) is 33.4 Å². The minimum Gasteiger partial charge on any atom is -0.214 e. The summed E-state index contributed by atoms with van der Waals surface area (Å²) >= 11 is 0.316. The van der Waals surface area contributed by atoms with Crippen molar-refractivity contribution in [3.05, 3.63) is 185 Å². The van der Waals surface area contributed by atoms with E-state index in [0.29, 0.717) is 38.3 Å². The van der Waals surface area contributed by atoms with E-state index in [1.807, 2.05) is 36.4 Å². The van der Waals surface area contributed by atoms with Crippen molar-refractivity contribution in [3.63, 3.8) is 0 Å². The van der Waals surface area contributed by atoms with Crippen molar-refractivity contribution in [1.29, 1.82) is 0 Å². The molecule has 8 rings (SSSR count). The van der Waals surface area contributed by atoms with E-state index < -0.39 is 23.5 Å². The van der Waals surface area contributed by atoms with E-state index in [-0.39, 0.29) is 24.8 Å². The molecule has 0 bridgehead atoms. The number of hydrogen-bond acceptors (Lipinski definition) is 0. The Labute approximate surface area is 313 Å². The number of rotatable bonds is 2. The van der Waals surface area contributed by atoms with Crippen LogP contribution < -0.4 is 0 Å².